The minimum Gasteiger partial charge on any atom is -0.469 e. The molecule has 3 fully saturated rings. The third kappa shape index (κ3) is 2.64. The molecule has 3 saturated carbocycles. The first-order valence-corrected chi connectivity index (χ1v) is 10.4. The van der Waals surface area contributed by atoms with Crippen molar-refractivity contribution >= 4 is 23.3 Å². The fourth-order valence-electron chi connectivity index (χ4n) is 6.84. The molecule has 0 bridgehead atoms. The van der Waals surface area contributed by atoms with Crippen molar-refractivity contribution in [3.8, 4) is 0 Å². The Morgan fingerprint density at radius 2 is 1.97 bits per heavy atom. The molecule has 29 heavy (non-hydrogen) atoms. The summed E-state index contributed by atoms with van der Waals surface area (Å²) in [5, 5.41) is 11.4. The molecule has 4 rings (SSSR count). The molecule has 0 radical (unpaired) electrons. The first-order chi connectivity index (χ1) is 13.6. The normalized spacial score (nSPS) is 43.2. The molecule has 6 nitrogen and oxygen atoms in total. The van der Waals surface area contributed by atoms with E-state index in [1.54, 1.807) is 12.2 Å². The second kappa shape index (κ2) is 6.46. The van der Waals surface area contributed by atoms with Gasteiger partial charge in [-0.3, -0.25) is 19.2 Å². The lowest BCUT2D eigenvalue weighted by atomic mass is 9.46. The van der Waals surface area contributed by atoms with Crippen molar-refractivity contribution in [2.75, 3.05) is 7.11 Å². The molecule has 156 valence electrons. The Labute approximate surface area is 170 Å². The summed E-state index contributed by atoms with van der Waals surface area (Å²) in [4.78, 5) is 49.8. The largest absolute Gasteiger partial charge is 0.469 e. The number of carbonyl (C=O) groups is 4. The van der Waals surface area contributed by atoms with Gasteiger partial charge in [-0.1, -0.05) is 25.5 Å². The van der Waals surface area contributed by atoms with E-state index in [0.29, 0.717) is 6.42 Å². The zero-order valence-electron chi connectivity index (χ0n) is 17.2. The summed E-state index contributed by atoms with van der Waals surface area (Å²) in [5.41, 5.74) is -2.05. The number of ketones is 3. The minimum absolute atomic E-state index is 0.0150. The Bertz CT molecular complexity index is 869. The van der Waals surface area contributed by atoms with Crippen LogP contribution < -0.4 is 0 Å². The fraction of sp³-hybridized carbons (Fsp3) is 0.652. The fourth-order valence-corrected chi connectivity index (χ4v) is 6.84. The number of hydrogen-bond donors (Lipinski definition) is 1. The monoisotopic (exact) mass is 400 g/mol. The van der Waals surface area contributed by atoms with Gasteiger partial charge in [-0.15, -0.1) is 0 Å². The van der Waals surface area contributed by atoms with E-state index in [9.17, 15) is 24.3 Å². The van der Waals surface area contributed by atoms with Crippen LogP contribution in [0.5, 0.6) is 0 Å². The molecular weight excluding hydrogens is 372 g/mol. The molecule has 0 aromatic carbocycles. The maximum atomic E-state index is 13.4. The molecule has 0 aromatic rings. The third-order valence-corrected chi connectivity index (χ3v) is 8.40. The van der Waals surface area contributed by atoms with Crippen molar-refractivity contribution in [1.82, 2.24) is 0 Å². The molecule has 0 aliphatic heterocycles. The van der Waals surface area contributed by atoms with Gasteiger partial charge in [0.2, 0.25) is 0 Å². The molecule has 4 aliphatic rings. The van der Waals surface area contributed by atoms with Gasteiger partial charge in [0.1, 0.15) is 17.8 Å². The standard InChI is InChI=1S/C23H28O6/c1-21-8-6-14(24)10-13(21)4-5-15-16-7-9-23(28,18(26)11-19(27)29-3)22(16,2)12-17(25)20(15)21/h6,8,10,15-16,20,28H,4-5,7,9,11-12H2,1-3H3/t15-,16-,20+,21-,22-,23-/m1/s1. The summed E-state index contributed by atoms with van der Waals surface area (Å²) >= 11 is 0. The van der Waals surface area contributed by atoms with Crippen molar-refractivity contribution in [3.05, 3.63) is 23.8 Å². The molecule has 0 aromatic heterocycles. The molecule has 0 saturated heterocycles. The number of fused-ring (bicyclic) bond motifs is 5. The van der Waals surface area contributed by atoms with Gasteiger partial charge in [0.15, 0.2) is 11.6 Å². The number of allylic oxidation sites excluding steroid dienone is 4. The van der Waals surface area contributed by atoms with Gasteiger partial charge in [0.25, 0.3) is 0 Å². The summed E-state index contributed by atoms with van der Waals surface area (Å²) in [5.74, 6) is -1.41. The average molecular weight is 400 g/mol. The van der Waals surface area contributed by atoms with Crippen LogP contribution in [0.2, 0.25) is 0 Å². The Balaban J connectivity index is 1.69. The van der Waals surface area contributed by atoms with Crippen LogP contribution in [0.15, 0.2) is 23.8 Å². The molecule has 0 amide bonds. The van der Waals surface area contributed by atoms with Crippen LogP contribution in [-0.2, 0) is 23.9 Å². The second-order valence-electron chi connectivity index (χ2n) is 9.61. The van der Waals surface area contributed by atoms with Crippen LogP contribution >= 0.6 is 0 Å². The number of methoxy groups -OCH3 is 1. The van der Waals surface area contributed by atoms with E-state index in [2.05, 4.69) is 4.74 Å². The van der Waals surface area contributed by atoms with Crippen LogP contribution in [0.1, 0.15) is 52.4 Å². The lowest BCUT2D eigenvalue weighted by molar-refractivity contribution is -0.169. The Kier molecular flexibility index (Phi) is 4.50. The molecule has 1 N–H and O–H groups in total. The van der Waals surface area contributed by atoms with Crippen molar-refractivity contribution < 1.29 is 29.0 Å². The van der Waals surface area contributed by atoms with Crippen LogP contribution in [0, 0.1) is 28.6 Å². The quantitative estimate of drug-likeness (QED) is 0.577. The maximum absolute atomic E-state index is 13.4. The molecular formula is C23H28O6. The molecule has 0 spiro atoms. The van der Waals surface area contributed by atoms with Crippen LogP contribution in [-0.4, -0.2) is 41.1 Å². The van der Waals surface area contributed by atoms with Gasteiger partial charge in [-0.2, -0.15) is 0 Å². The number of ether oxygens (including phenoxy) is 1. The van der Waals surface area contributed by atoms with Gasteiger partial charge >= 0.3 is 5.97 Å². The van der Waals surface area contributed by atoms with E-state index >= 15 is 0 Å². The lowest BCUT2D eigenvalue weighted by Crippen LogP contribution is -2.60. The second-order valence-corrected chi connectivity index (χ2v) is 9.61. The summed E-state index contributed by atoms with van der Waals surface area (Å²) in [7, 11) is 1.21. The number of Topliss-reactive ketones (excluding diaryl/α,β-unsaturated/α-hetero) is 2. The molecule has 6 heteroatoms. The van der Waals surface area contributed by atoms with Gasteiger partial charge in [-0.25, -0.2) is 0 Å². The number of esters is 1. The predicted molar refractivity (Wildman–Crippen MR) is 104 cm³/mol. The highest BCUT2D eigenvalue weighted by Gasteiger charge is 2.68. The van der Waals surface area contributed by atoms with E-state index in [4.69, 9.17) is 0 Å². The SMILES string of the molecule is COC(=O)CC(=O)[C@]1(O)CC[C@@H]2[C@H]3CCC4=CC(=O)C=C[C@@]4(C)[C@@H]3C(=O)C[C@]21C. The highest BCUT2D eigenvalue weighted by atomic mass is 16.5. The molecule has 6 atom stereocenters. The topological polar surface area (TPSA) is 97.7 Å². The smallest absolute Gasteiger partial charge is 0.313 e. The van der Waals surface area contributed by atoms with Gasteiger partial charge < -0.3 is 9.84 Å². The van der Waals surface area contributed by atoms with E-state index in [0.717, 1.165) is 18.4 Å². The van der Waals surface area contributed by atoms with Crippen molar-refractivity contribution in [1.29, 1.82) is 0 Å². The minimum atomic E-state index is -1.69. The van der Waals surface area contributed by atoms with Crippen LogP contribution in [0.4, 0.5) is 0 Å². The number of hydrogen-bond acceptors (Lipinski definition) is 6. The highest BCUT2D eigenvalue weighted by molar-refractivity contribution is 6.03. The van der Waals surface area contributed by atoms with Crippen molar-refractivity contribution in [2.45, 2.75) is 58.0 Å². The summed E-state index contributed by atoms with van der Waals surface area (Å²) in [6.45, 7) is 3.87. The van der Waals surface area contributed by atoms with E-state index in [1.807, 2.05) is 19.9 Å². The summed E-state index contributed by atoms with van der Waals surface area (Å²) in [6.07, 6.45) is 7.13. The average Bonchev–Trinajstić information content (AvgIpc) is 2.93. The predicted octanol–water partition coefficient (Wildman–Crippen LogP) is 2.34. The first kappa shape index (κ1) is 20.2. The zero-order valence-corrected chi connectivity index (χ0v) is 17.2. The zero-order chi connectivity index (χ0) is 21.2. The van der Waals surface area contributed by atoms with Gasteiger partial charge in [0.05, 0.1) is 7.11 Å². The van der Waals surface area contributed by atoms with Crippen LogP contribution in [0.3, 0.4) is 0 Å². The first-order valence-electron chi connectivity index (χ1n) is 10.4. The molecule has 0 unspecified atom stereocenters. The Hall–Kier alpha value is -2.08. The van der Waals surface area contributed by atoms with Crippen molar-refractivity contribution in [3.63, 3.8) is 0 Å². The van der Waals surface area contributed by atoms with E-state index < -0.39 is 34.6 Å². The molecule has 0 heterocycles. The van der Waals surface area contributed by atoms with E-state index in [-0.39, 0.29) is 42.2 Å². The number of carbonyl (C=O) groups excluding carboxylic acids is 4. The Morgan fingerprint density at radius 1 is 1.24 bits per heavy atom. The summed E-state index contributed by atoms with van der Waals surface area (Å²) in [6, 6.07) is 0. The van der Waals surface area contributed by atoms with Crippen molar-refractivity contribution in [2.24, 2.45) is 28.6 Å². The maximum Gasteiger partial charge on any atom is 0.313 e. The van der Waals surface area contributed by atoms with Gasteiger partial charge in [-0.05, 0) is 49.7 Å². The lowest BCUT2D eigenvalue weighted by Gasteiger charge is -2.56. The number of aliphatic hydroxyl groups is 1. The summed E-state index contributed by atoms with van der Waals surface area (Å²) < 4.78 is 4.60. The number of rotatable bonds is 3. The van der Waals surface area contributed by atoms with Gasteiger partial charge in [0, 0.05) is 23.2 Å². The Morgan fingerprint density at radius 3 is 2.66 bits per heavy atom. The van der Waals surface area contributed by atoms with Crippen LogP contribution in [0.25, 0.3) is 0 Å². The highest BCUT2D eigenvalue weighted by Crippen LogP contribution is 2.66. The van der Waals surface area contributed by atoms with E-state index in [1.165, 1.54) is 7.11 Å². The third-order valence-electron chi connectivity index (χ3n) is 8.40. The molecule has 4 aliphatic carbocycles.